The van der Waals surface area contributed by atoms with Crippen LogP contribution < -0.4 is 4.90 Å². The van der Waals surface area contributed by atoms with Crippen LogP contribution in [0.25, 0.3) is 60.2 Å². The minimum atomic E-state index is -0.247. The number of nitrogens with zero attached hydrogens (tertiary/aromatic N) is 2. The molecule has 0 fully saturated rings. The maximum atomic E-state index is 2.55. The summed E-state index contributed by atoms with van der Waals surface area (Å²) in [5.74, 6) is 0. The predicted molar refractivity (Wildman–Crippen MR) is 245 cm³/mol. The fourth-order valence-electron chi connectivity index (χ4n) is 9.43. The van der Waals surface area contributed by atoms with E-state index in [9.17, 15) is 0 Å². The van der Waals surface area contributed by atoms with Gasteiger partial charge < -0.3 is 9.47 Å². The Morgan fingerprint density at radius 3 is 1.65 bits per heavy atom. The largest absolute Gasteiger partial charge is 0.310 e. The van der Waals surface area contributed by atoms with Gasteiger partial charge >= 0.3 is 0 Å². The van der Waals surface area contributed by atoms with E-state index in [0.717, 1.165) is 17.1 Å². The molecule has 280 valence electrons. The van der Waals surface area contributed by atoms with E-state index in [1.807, 2.05) is 0 Å². The van der Waals surface area contributed by atoms with Crippen molar-refractivity contribution in [3.63, 3.8) is 0 Å². The first kappa shape index (κ1) is 35.3. The number of hydrogen-bond donors (Lipinski definition) is 0. The molecule has 1 aliphatic rings. The summed E-state index contributed by atoms with van der Waals surface area (Å²) in [5, 5.41) is 7.68. The standard InChI is InChI=1S/C55H50N2/c1-53(2,3)37-23-28-49-45(31-37)46-32-38(54(4,5)6)24-29-50(46)57(49)51-34-48-52(43-21-15-14-20-42(43)51)44-27-26-41(33-47(44)55(48,7)8)56(39-18-10-9-11-19-39)40-25-22-35-16-12-13-17-36(35)30-40/h9-34H,1-8H3. The Bertz CT molecular complexity index is 2980. The van der Waals surface area contributed by atoms with Gasteiger partial charge in [0.05, 0.1) is 16.7 Å². The minimum absolute atomic E-state index is 0.0452. The Morgan fingerprint density at radius 2 is 1.00 bits per heavy atom. The summed E-state index contributed by atoms with van der Waals surface area (Å²) in [6.07, 6.45) is 0. The average molecular weight is 739 g/mol. The first-order valence-electron chi connectivity index (χ1n) is 20.4. The van der Waals surface area contributed by atoms with Crippen LogP contribution in [0, 0.1) is 0 Å². The number of aromatic nitrogens is 1. The fourth-order valence-corrected chi connectivity index (χ4v) is 9.43. The van der Waals surface area contributed by atoms with Crippen molar-refractivity contribution in [1.82, 2.24) is 4.57 Å². The molecule has 0 aliphatic heterocycles. The molecule has 57 heavy (non-hydrogen) atoms. The number of anilines is 3. The molecular formula is C55H50N2. The van der Waals surface area contributed by atoms with E-state index in [1.54, 1.807) is 0 Å². The molecule has 0 radical (unpaired) electrons. The van der Waals surface area contributed by atoms with Gasteiger partial charge in [0.1, 0.15) is 0 Å². The second-order valence-corrected chi connectivity index (χ2v) is 18.7. The second kappa shape index (κ2) is 12.4. The third-order valence-electron chi connectivity index (χ3n) is 12.6. The maximum Gasteiger partial charge on any atom is 0.0544 e. The lowest BCUT2D eigenvalue weighted by molar-refractivity contribution is 0.590. The van der Waals surface area contributed by atoms with Crippen LogP contribution in [0.4, 0.5) is 17.1 Å². The van der Waals surface area contributed by atoms with Crippen LogP contribution in [0.5, 0.6) is 0 Å². The number of rotatable bonds is 4. The molecule has 10 rings (SSSR count). The Balaban J connectivity index is 1.20. The van der Waals surface area contributed by atoms with Gasteiger partial charge in [-0.25, -0.2) is 0 Å². The fraction of sp³-hybridized carbons (Fsp3) is 0.200. The molecule has 0 saturated heterocycles. The topological polar surface area (TPSA) is 8.17 Å². The van der Waals surface area contributed by atoms with Crippen LogP contribution in [0.2, 0.25) is 0 Å². The lowest BCUT2D eigenvalue weighted by atomic mass is 9.81. The molecule has 0 atom stereocenters. The lowest BCUT2D eigenvalue weighted by Crippen LogP contribution is -2.17. The molecule has 8 aromatic carbocycles. The zero-order valence-corrected chi connectivity index (χ0v) is 34.4. The molecule has 0 amide bonds. The van der Waals surface area contributed by atoms with Crippen molar-refractivity contribution in [3.05, 3.63) is 180 Å². The van der Waals surface area contributed by atoms with Crippen molar-refractivity contribution in [2.75, 3.05) is 4.90 Å². The summed E-state index contributed by atoms with van der Waals surface area (Å²) in [6.45, 7) is 18.7. The predicted octanol–water partition coefficient (Wildman–Crippen LogP) is 15.5. The van der Waals surface area contributed by atoms with Gasteiger partial charge in [-0.2, -0.15) is 0 Å². The van der Waals surface area contributed by atoms with Crippen LogP contribution in [-0.4, -0.2) is 4.57 Å². The van der Waals surface area contributed by atoms with E-state index in [-0.39, 0.29) is 16.2 Å². The Morgan fingerprint density at radius 1 is 0.439 bits per heavy atom. The van der Waals surface area contributed by atoms with Crippen LogP contribution in [0.3, 0.4) is 0 Å². The van der Waals surface area contributed by atoms with Gasteiger partial charge in [-0.05, 0) is 127 Å². The molecule has 0 N–H and O–H groups in total. The normalized spacial score (nSPS) is 13.8. The Kier molecular flexibility index (Phi) is 7.70. The van der Waals surface area contributed by atoms with Crippen LogP contribution >= 0.6 is 0 Å². The number of para-hydroxylation sites is 1. The van der Waals surface area contributed by atoms with Gasteiger partial charge in [-0.15, -0.1) is 0 Å². The van der Waals surface area contributed by atoms with Gasteiger partial charge in [0.15, 0.2) is 0 Å². The van der Waals surface area contributed by atoms with Crippen molar-refractivity contribution in [3.8, 4) is 16.8 Å². The number of fused-ring (bicyclic) bond motifs is 9. The van der Waals surface area contributed by atoms with Crippen LogP contribution in [0.1, 0.15) is 77.6 Å². The van der Waals surface area contributed by atoms with Crippen molar-refractivity contribution in [1.29, 1.82) is 0 Å². The Labute approximate surface area is 337 Å². The smallest absolute Gasteiger partial charge is 0.0544 e. The van der Waals surface area contributed by atoms with E-state index >= 15 is 0 Å². The highest BCUT2D eigenvalue weighted by Gasteiger charge is 2.38. The van der Waals surface area contributed by atoms with E-state index in [2.05, 4.69) is 223 Å². The van der Waals surface area contributed by atoms with Crippen LogP contribution in [0.15, 0.2) is 158 Å². The van der Waals surface area contributed by atoms with E-state index in [0.29, 0.717) is 0 Å². The molecule has 0 spiro atoms. The summed E-state index contributed by atoms with van der Waals surface area (Å²) in [5.41, 5.74) is 15.1. The quantitative estimate of drug-likeness (QED) is 0.175. The van der Waals surface area contributed by atoms with Gasteiger partial charge in [-0.3, -0.25) is 0 Å². The van der Waals surface area contributed by atoms with E-state index in [1.165, 1.54) is 82.4 Å². The Hall–Kier alpha value is -6.12. The van der Waals surface area contributed by atoms with E-state index < -0.39 is 0 Å². The number of benzene rings is 8. The molecule has 9 aromatic rings. The molecule has 1 heterocycles. The van der Waals surface area contributed by atoms with E-state index in [4.69, 9.17) is 0 Å². The molecular weight excluding hydrogens is 689 g/mol. The van der Waals surface area contributed by atoms with Crippen molar-refractivity contribution in [2.45, 2.75) is 71.6 Å². The maximum absolute atomic E-state index is 2.55. The summed E-state index contributed by atoms with van der Waals surface area (Å²) in [4.78, 5) is 2.41. The highest BCUT2D eigenvalue weighted by molar-refractivity contribution is 6.13. The SMILES string of the molecule is CC(C)(C)c1ccc2c(c1)c1cc(C(C)(C)C)ccc1n2-c1cc2c(c3ccccc13)-c1ccc(N(c3ccccc3)c3ccc4ccccc4c3)cc1C2(C)C. The third kappa shape index (κ3) is 5.52. The highest BCUT2D eigenvalue weighted by Crippen LogP contribution is 2.54. The van der Waals surface area contributed by atoms with Gasteiger partial charge in [0.25, 0.3) is 0 Å². The van der Waals surface area contributed by atoms with Crippen molar-refractivity contribution >= 4 is 60.4 Å². The molecule has 0 bridgehead atoms. The zero-order chi connectivity index (χ0) is 39.4. The molecule has 0 saturated carbocycles. The average Bonchev–Trinajstić information content (AvgIpc) is 3.64. The highest BCUT2D eigenvalue weighted by atomic mass is 15.1. The molecule has 2 nitrogen and oxygen atoms in total. The summed E-state index contributed by atoms with van der Waals surface area (Å²) in [6, 6.07) is 59.3. The summed E-state index contributed by atoms with van der Waals surface area (Å²) < 4.78 is 2.55. The number of hydrogen-bond acceptors (Lipinski definition) is 1. The first-order chi connectivity index (χ1) is 27.3. The summed E-state index contributed by atoms with van der Waals surface area (Å²) in [7, 11) is 0. The van der Waals surface area contributed by atoms with Gasteiger partial charge in [0, 0.05) is 38.6 Å². The van der Waals surface area contributed by atoms with Gasteiger partial charge in [0.2, 0.25) is 0 Å². The molecule has 1 aromatic heterocycles. The third-order valence-corrected chi connectivity index (χ3v) is 12.6. The lowest BCUT2D eigenvalue weighted by Gasteiger charge is -2.28. The van der Waals surface area contributed by atoms with Crippen LogP contribution in [-0.2, 0) is 16.2 Å². The molecule has 2 heteroatoms. The zero-order valence-electron chi connectivity index (χ0n) is 34.4. The second-order valence-electron chi connectivity index (χ2n) is 18.7. The summed E-state index contributed by atoms with van der Waals surface area (Å²) >= 11 is 0. The first-order valence-corrected chi connectivity index (χ1v) is 20.4. The monoisotopic (exact) mass is 738 g/mol. The van der Waals surface area contributed by atoms with Crippen molar-refractivity contribution in [2.24, 2.45) is 0 Å². The van der Waals surface area contributed by atoms with Crippen molar-refractivity contribution < 1.29 is 0 Å². The molecule has 0 unspecified atom stereocenters. The van der Waals surface area contributed by atoms with Gasteiger partial charge in [-0.1, -0.05) is 146 Å². The molecule has 1 aliphatic carbocycles. The minimum Gasteiger partial charge on any atom is -0.310 e.